The monoisotopic (exact) mass is 322 g/mol. The normalized spacial score (nSPS) is 23.0. The van der Waals surface area contributed by atoms with E-state index in [0.717, 1.165) is 44.1 Å². The van der Waals surface area contributed by atoms with E-state index in [1.165, 1.54) is 0 Å². The summed E-state index contributed by atoms with van der Waals surface area (Å²) in [5.74, 6) is 0.762. The van der Waals surface area contributed by atoms with Crippen molar-refractivity contribution >= 4 is 5.91 Å². The molecule has 1 saturated heterocycles. The Bertz CT molecular complexity index is 558. The van der Waals surface area contributed by atoms with Crippen molar-refractivity contribution < 1.29 is 13.9 Å². The molecule has 7 heteroatoms. The van der Waals surface area contributed by atoms with Crippen LogP contribution < -0.4 is 5.32 Å². The van der Waals surface area contributed by atoms with Gasteiger partial charge in [-0.3, -0.25) is 9.69 Å². The molecule has 0 radical (unpaired) electrons. The van der Waals surface area contributed by atoms with E-state index < -0.39 is 0 Å². The fourth-order valence-corrected chi connectivity index (χ4v) is 3.03. The third-order valence-electron chi connectivity index (χ3n) is 4.51. The first kappa shape index (κ1) is 16.4. The lowest BCUT2D eigenvalue weighted by Gasteiger charge is -2.29. The SMILES string of the molecule is CC(C)N1CCc2oc(C(=O)NCC3CN(C)CCO3)nc2C1. The number of nitrogens with zero attached hydrogens (tertiary/aromatic N) is 3. The van der Waals surface area contributed by atoms with Crippen LogP contribution in [0.3, 0.4) is 0 Å². The lowest BCUT2D eigenvalue weighted by atomic mass is 10.1. The van der Waals surface area contributed by atoms with E-state index in [0.29, 0.717) is 19.2 Å². The fourth-order valence-electron chi connectivity index (χ4n) is 3.03. The highest BCUT2D eigenvalue weighted by atomic mass is 16.5. The maximum Gasteiger partial charge on any atom is 0.307 e. The lowest BCUT2D eigenvalue weighted by Crippen LogP contribution is -2.46. The van der Waals surface area contributed by atoms with E-state index in [2.05, 4.69) is 41.0 Å². The number of hydrogen-bond donors (Lipinski definition) is 1. The second-order valence-electron chi connectivity index (χ2n) is 6.67. The quantitative estimate of drug-likeness (QED) is 0.870. The standard InChI is InChI=1S/C16H26N4O3/c1-11(2)20-5-4-14-13(10-20)18-16(23-14)15(21)17-8-12-9-19(3)6-7-22-12/h11-12H,4-10H2,1-3H3,(H,17,21). The number of carbonyl (C=O) groups excluding carboxylic acids is 1. The molecule has 1 N–H and O–H groups in total. The number of nitrogens with one attached hydrogen (secondary N) is 1. The zero-order valence-electron chi connectivity index (χ0n) is 14.2. The molecule has 7 nitrogen and oxygen atoms in total. The molecule has 1 aromatic rings. The number of ether oxygens (including phenoxy) is 1. The van der Waals surface area contributed by atoms with Gasteiger partial charge in [-0.2, -0.15) is 0 Å². The summed E-state index contributed by atoms with van der Waals surface area (Å²) >= 11 is 0. The maximum absolute atomic E-state index is 12.3. The van der Waals surface area contributed by atoms with Gasteiger partial charge < -0.3 is 19.4 Å². The van der Waals surface area contributed by atoms with E-state index >= 15 is 0 Å². The largest absolute Gasteiger partial charge is 0.437 e. The topological polar surface area (TPSA) is 70.8 Å². The van der Waals surface area contributed by atoms with Crippen LogP contribution in [0.1, 0.15) is 36.0 Å². The molecule has 0 spiro atoms. The van der Waals surface area contributed by atoms with Crippen LogP contribution in [0.15, 0.2) is 4.42 Å². The van der Waals surface area contributed by atoms with Crippen molar-refractivity contribution in [3.63, 3.8) is 0 Å². The number of amides is 1. The molecule has 0 aromatic carbocycles. The highest BCUT2D eigenvalue weighted by Crippen LogP contribution is 2.21. The molecule has 1 unspecified atom stereocenters. The molecule has 2 aliphatic rings. The van der Waals surface area contributed by atoms with E-state index in [1.54, 1.807) is 0 Å². The predicted octanol–water partition coefficient (Wildman–Crippen LogP) is 0.502. The van der Waals surface area contributed by atoms with Crippen molar-refractivity contribution in [1.82, 2.24) is 20.1 Å². The summed E-state index contributed by atoms with van der Waals surface area (Å²) < 4.78 is 11.3. The zero-order valence-corrected chi connectivity index (χ0v) is 14.2. The molecule has 3 heterocycles. The maximum atomic E-state index is 12.3. The molecule has 1 fully saturated rings. The molecule has 0 saturated carbocycles. The Balaban J connectivity index is 1.56. The Morgan fingerprint density at radius 1 is 1.43 bits per heavy atom. The van der Waals surface area contributed by atoms with Crippen molar-refractivity contribution in [2.75, 3.05) is 39.8 Å². The molecular weight excluding hydrogens is 296 g/mol. The van der Waals surface area contributed by atoms with Gasteiger partial charge in [-0.25, -0.2) is 4.98 Å². The van der Waals surface area contributed by atoms with Gasteiger partial charge in [-0.05, 0) is 20.9 Å². The first-order chi connectivity index (χ1) is 11.0. The molecule has 2 aliphatic heterocycles. The summed E-state index contributed by atoms with van der Waals surface area (Å²) in [6.45, 7) is 8.97. The van der Waals surface area contributed by atoms with Crippen LogP contribution in [0.2, 0.25) is 0 Å². The third-order valence-corrected chi connectivity index (χ3v) is 4.51. The van der Waals surface area contributed by atoms with Gasteiger partial charge in [0, 0.05) is 45.2 Å². The van der Waals surface area contributed by atoms with Gasteiger partial charge in [0.25, 0.3) is 5.89 Å². The molecule has 1 aromatic heterocycles. The van der Waals surface area contributed by atoms with Crippen LogP contribution in [0, 0.1) is 0 Å². The number of carbonyl (C=O) groups is 1. The third kappa shape index (κ3) is 3.91. The van der Waals surface area contributed by atoms with E-state index in [9.17, 15) is 4.79 Å². The van der Waals surface area contributed by atoms with Gasteiger partial charge in [0.15, 0.2) is 0 Å². The first-order valence-electron chi connectivity index (χ1n) is 8.34. The van der Waals surface area contributed by atoms with Gasteiger partial charge >= 0.3 is 5.91 Å². The first-order valence-corrected chi connectivity index (χ1v) is 8.34. The van der Waals surface area contributed by atoms with E-state index in [4.69, 9.17) is 9.15 Å². The minimum atomic E-state index is -0.257. The van der Waals surface area contributed by atoms with Crippen LogP contribution in [0.4, 0.5) is 0 Å². The summed E-state index contributed by atoms with van der Waals surface area (Å²) in [5, 5.41) is 2.87. The van der Waals surface area contributed by atoms with Crippen molar-refractivity contribution in [2.24, 2.45) is 0 Å². The summed E-state index contributed by atoms with van der Waals surface area (Å²) in [5.41, 5.74) is 0.892. The molecule has 0 bridgehead atoms. The number of fused-ring (bicyclic) bond motifs is 1. The molecule has 0 aliphatic carbocycles. The number of rotatable bonds is 4. The van der Waals surface area contributed by atoms with Crippen molar-refractivity contribution in [3.8, 4) is 0 Å². The minimum Gasteiger partial charge on any atom is -0.437 e. The average Bonchev–Trinajstić information content (AvgIpc) is 2.95. The van der Waals surface area contributed by atoms with Gasteiger partial charge in [-0.15, -0.1) is 0 Å². The molecule has 128 valence electrons. The second-order valence-corrected chi connectivity index (χ2v) is 6.67. The van der Waals surface area contributed by atoms with E-state index in [-0.39, 0.29) is 17.9 Å². The van der Waals surface area contributed by atoms with Gasteiger partial charge in [0.05, 0.1) is 18.4 Å². The van der Waals surface area contributed by atoms with Crippen LogP contribution in [-0.2, 0) is 17.7 Å². The highest BCUT2D eigenvalue weighted by Gasteiger charge is 2.26. The Kier molecular flexibility index (Phi) is 4.99. The molecule has 1 amide bonds. The molecule has 1 atom stereocenters. The average molecular weight is 322 g/mol. The fraction of sp³-hybridized carbons (Fsp3) is 0.750. The Morgan fingerprint density at radius 3 is 3.00 bits per heavy atom. The molecular formula is C16H26N4O3. The number of oxazole rings is 1. The van der Waals surface area contributed by atoms with Gasteiger partial charge in [0.2, 0.25) is 0 Å². The van der Waals surface area contributed by atoms with Crippen molar-refractivity contribution in [3.05, 3.63) is 17.3 Å². The van der Waals surface area contributed by atoms with E-state index in [1.807, 2.05) is 0 Å². The van der Waals surface area contributed by atoms with Crippen molar-refractivity contribution in [2.45, 2.75) is 39.0 Å². The molecule has 23 heavy (non-hydrogen) atoms. The zero-order chi connectivity index (χ0) is 16.4. The number of aromatic nitrogens is 1. The smallest absolute Gasteiger partial charge is 0.307 e. The number of hydrogen-bond acceptors (Lipinski definition) is 6. The Labute approximate surface area is 137 Å². The van der Waals surface area contributed by atoms with Crippen LogP contribution in [0.5, 0.6) is 0 Å². The van der Waals surface area contributed by atoms with Crippen molar-refractivity contribution in [1.29, 1.82) is 0 Å². The highest BCUT2D eigenvalue weighted by molar-refractivity contribution is 5.89. The minimum absolute atomic E-state index is 0.0266. The Hall–Kier alpha value is -1.44. The summed E-state index contributed by atoms with van der Waals surface area (Å²) in [4.78, 5) is 21.2. The molecule has 3 rings (SSSR count). The number of likely N-dealkylation sites (N-methyl/N-ethyl adjacent to an activating group) is 1. The van der Waals surface area contributed by atoms with Crippen LogP contribution >= 0.6 is 0 Å². The summed E-state index contributed by atoms with van der Waals surface area (Å²) in [6.07, 6.45) is 0.836. The number of morpholine rings is 1. The Morgan fingerprint density at radius 2 is 2.26 bits per heavy atom. The predicted molar refractivity (Wildman–Crippen MR) is 85.3 cm³/mol. The van der Waals surface area contributed by atoms with Gasteiger partial charge in [0.1, 0.15) is 5.76 Å². The van der Waals surface area contributed by atoms with Gasteiger partial charge in [-0.1, -0.05) is 0 Å². The second kappa shape index (κ2) is 6.98. The van der Waals surface area contributed by atoms with Crippen LogP contribution in [0.25, 0.3) is 0 Å². The van der Waals surface area contributed by atoms with Crippen LogP contribution in [-0.4, -0.2) is 72.7 Å². The summed E-state index contributed by atoms with van der Waals surface area (Å²) in [7, 11) is 2.06. The summed E-state index contributed by atoms with van der Waals surface area (Å²) in [6, 6.07) is 0.470. The lowest BCUT2D eigenvalue weighted by molar-refractivity contribution is -0.0176.